The highest BCUT2D eigenvalue weighted by atomic mass is 16.5. The van der Waals surface area contributed by atoms with E-state index < -0.39 is 0 Å². The minimum atomic E-state index is -0.148. The van der Waals surface area contributed by atoms with Crippen molar-refractivity contribution in [2.24, 2.45) is 0 Å². The molecule has 1 amide bonds. The van der Waals surface area contributed by atoms with Crippen LogP contribution in [0.3, 0.4) is 0 Å². The molecule has 0 aromatic carbocycles. The molecule has 2 aromatic rings. The summed E-state index contributed by atoms with van der Waals surface area (Å²) in [6.07, 6.45) is 0. The van der Waals surface area contributed by atoms with Gasteiger partial charge in [-0.2, -0.15) is 10.4 Å². The van der Waals surface area contributed by atoms with Gasteiger partial charge in [0.1, 0.15) is 12.7 Å². The van der Waals surface area contributed by atoms with Crippen molar-refractivity contribution in [3.8, 4) is 6.07 Å². The van der Waals surface area contributed by atoms with E-state index in [0.717, 1.165) is 49.0 Å². The summed E-state index contributed by atoms with van der Waals surface area (Å²) in [5.74, 6) is -0.148. The van der Waals surface area contributed by atoms with Gasteiger partial charge in [0.25, 0.3) is 0 Å². The highest BCUT2D eigenvalue weighted by Crippen LogP contribution is 2.17. The molecule has 0 radical (unpaired) electrons. The molecule has 2 N–H and O–H groups in total. The molecule has 0 saturated heterocycles. The van der Waals surface area contributed by atoms with E-state index in [-0.39, 0.29) is 12.5 Å². The van der Waals surface area contributed by atoms with E-state index >= 15 is 0 Å². The number of aromatic amines is 1. The number of carbonyl (C=O) groups is 1. The van der Waals surface area contributed by atoms with Gasteiger partial charge in [0.15, 0.2) is 0 Å². The molecular formula is C17H22N6O2. The van der Waals surface area contributed by atoms with Crippen LogP contribution in [0.2, 0.25) is 0 Å². The van der Waals surface area contributed by atoms with Crippen molar-refractivity contribution in [2.45, 2.75) is 33.1 Å². The Hall–Kier alpha value is -2.63. The third-order valence-corrected chi connectivity index (χ3v) is 4.25. The summed E-state index contributed by atoms with van der Waals surface area (Å²) in [4.78, 5) is 17.1. The number of nitriles is 1. The van der Waals surface area contributed by atoms with Crippen molar-refractivity contribution < 1.29 is 9.53 Å². The first-order chi connectivity index (χ1) is 12.1. The Morgan fingerprint density at radius 3 is 3.04 bits per heavy atom. The number of nitrogens with one attached hydrogen (secondary N) is 2. The molecular weight excluding hydrogens is 320 g/mol. The first-order valence-electron chi connectivity index (χ1n) is 8.21. The minimum Gasteiger partial charge on any atom is -0.375 e. The Morgan fingerprint density at radius 2 is 2.32 bits per heavy atom. The summed E-state index contributed by atoms with van der Waals surface area (Å²) >= 11 is 0. The average molecular weight is 342 g/mol. The van der Waals surface area contributed by atoms with Crippen molar-refractivity contribution in [3.63, 3.8) is 0 Å². The van der Waals surface area contributed by atoms with E-state index in [9.17, 15) is 4.79 Å². The second kappa shape index (κ2) is 7.51. The monoisotopic (exact) mass is 342 g/mol. The highest BCUT2D eigenvalue weighted by Gasteiger charge is 2.19. The fourth-order valence-electron chi connectivity index (χ4n) is 3.04. The fraction of sp³-hybridized carbons (Fsp3) is 0.471. The maximum absolute atomic E-state index is 11.5. The Balaban J connectivity index is 1.59. The smallest absolute Gasteiger partial charge is 0.246 e. The summed E-state index contributed by atoms with van der Waals surface area (Å²) in [5.41, 5.74) is 4.64. The molecule has 0 aliphatic carbocycles. The molecule has 0 bridgehead atoms. The van der Waals surface area contributed by atoms with Gasteiger partial charge in [-0.1, -0.05) is 0 Å². The lowest BCUT2D eigenvalue weighted by Crippen LogP contribution is -2.33. The zero-order valence-electron chi connectivity index (χ0n) is 14.5. The van der Waals surface area contributed by atoms with Gasteiger partial charge < -0.3 is 15.0 Å². The zero-order chi connectivity index (χ0) is 17.8. The van der Waals surface area contributed by atoms with Crippen LogP contribution in [0, 0.1) is 18.3 Å². The molecule has 3 heterocycles. The number of hydrogen-bond acceptors (Lipinski definition) is 5. The van der Waals surface area contributed by atoms with Gasteiger partial charge >= 0.3 is 0 Å². The van der Waals surface area contributed by atoms with Crippen LogP contribution in [0.15, 0.2) is 12.1 Å². The van der Waals surface area contributed by atoms with Crippen LogP contribution < -0.4 is 5.32 Å². The summed E-state index contributed by atoms with van der Waals surface area (Å²) in [7, 11) is 1.49. The van der Waals surface area contributed by atoms with Crippen molar-refractivity contribution in [2.75, 3.05) is 20.3 Å². The van der Waals surface area contributed by atoms with E-state index in [4.69, 9.17) is 10.00 Å². The number of aromatic nitrogens is 3. The van der Waals surface area contributed by atoms with Crippen molar-refractivity contribution in [1.29, 1.82) is 5.26 Å². The molecule has 25 heavy (non-hydrogen) atoms. The van der Waals surface area contributed by atoms with E-state index in [0.29, 0.717) is 12.1 Å². The average Bonchev–Trinajstić information content (AvgIpc) is 3.15. The van der Waals surface area contributed by atoms with Gasteiger partial charge in [-0.05, 0) is 19.1 Å². The molecule has 0 saturated carbocycles. The summed E-state index contributed by atoms with van der Waals surface area (Å²) in [6, 6.07) is 6.14. The topological polar surface area (TPSA) is 99.0 Å². The molecule has 0 spiro atoms. The van der Waals surface area contributed by atoms with E-state index in [1.54, 1.807) is 0 Å². The van der Waals surface area contributed by atoms with Crippen LogP contribution in [0.5, 0.6) is 0 Å². The molecule has 3 rings (SSSR count). The Morgan fingerprint density at radius 1 is 1.48 bits per heavy atom. The maximum Gasteiger partial charge on any atom is 0.246 e. The lowest BCUT2D eigenvalue weighted by Gasteiger charge is -2.26. The summed E-state index contributed by atoms with van der Waals surface area (Å²) < 4.78 is 6.79. The molecule has 2 aromatic heterocycles. The molecule has 1 aliphatic rings. The predicted molar refractivity (Wildman–Crippen MR) is 90.3 cm³/mol. The SMILES string of the molecule is COCC(=O)NCc1cc2n(n1)CCN(Cc1cc(C#N)c(C)[nH]1)C2. The Bertz CT molecular complexity index is 801. The molecule has 8 heteroatoms. The van der Waals surface area contributed by atoms with Crippen molar-refractivity contribution in [3.05, 3.63) is 40.5 Å². The van der Waals surface area contributed by atoms with Crippen LogP contribution >= 0.6 is 0 Å². The molecule has 8 nitrogen and oxygen atoms in total. The minimum absolute atomic E-state index is 0.0571. The van der Waals surface area contributed by atoms with E-state index in [1.807, 2.05) is 23.7 Å². The molecule has 0 fully saturated rings. The van der Waals surface area contributed by atoms with Crippen LogP contribution in [-0.4, -0.2) is 45.8 Å². The van der Waals surface area contributed by atoms with Gasteiger partial charge in [-0.25, -0.2) is 0 Å². The lowest BCUT2D eigenvalue weighted by molar-refractivity contribution is -0.124. The summed E-state index contributed by atoms with van der Waals surface area (Å²) in [5, 5.41) is 16.4. The normalized spacial score (nSPS) is 14.1. The fourth-order valence-corrected chi connectivity index (χ4v) is 3.04. The number of H-pyrrole nitrogens is 1. The van der Waals surface area contributed by atoms with Gasteiger partial charge in [0, 0.05) is 38.1 Å². The quantitative estimate of drug-likeness (QED) is 0.804. The highest BCUT2D eigenvalue weighted by molar-refractivity contribution is 5.77. The number of carbonyl (C=O) groups excluding carboxylic acids is 1. The lowest BCUT2D eigenvalue weighted by atomic mass is 10.2. The molecule has 132 valence electrons. The van der Waals surface area contributed by atoms with Crippen molar-refractivity contribution >= 4 is 5.91 Å². The second-order valence-corrected chi connectivity index (χ2v) is 6.22. The first-order valence-corrected chi connectivity index (χ1v) is 8.21. The van der Waals surface area contributed by atoms with Crippen LogP contribution in [0.25, 0.3) is 0 Å². The third kappa shape index (κ3) is 4.07. The number of methoxy groups -OCH3 is 1. The summed E-state index contributed by atoms with van der Waals surface area (Å²) in [6.45, 7) is 5.64. The van der Waals surface area contributed by atoms with Gasteiger partial charge in [0.2, 0.25) is 5.91 Å². The number of ether oxygens (including phenoxy) is 1. The van der Waals surface area contributed by atoms with Crippen LogP contribution in [0.4, 0.5) is 0 Å². The van der Waals surface area contributed by atoms with Gasteiger partial charge in [-0.15, -0.1) is 0 Å². The van der Waals surface area contributed by atoms with E-state index in [1.165, 1.54) is 7.11 Å². The van der Waals surface area contributed by atoms with Crippen molar-refractivity contribution in [1.82, 2.24) is 25.0 Å². The van der Waals surface area contributed by atoms with Gasteiger partial charge in [0.05, 0.1) is 30.0 Å². The zero-order valence-corrected chi connectivity index (χ0v) is 14.5. The first kappa shape index (κ1) is 17.2. The number of nitrogens with zero attached hydrogens (tertiary/aromatic N) is 4. The maximum atomic E-state index is 11.5. The number of aryl methyl sites for hydroxylation is 1. The number of amides is 1. The van der Waals surface area contributed by atoms with Crippen LogP contribution in [0.1, 0.15) is 28.3 Å². The number of hydrogen-bond donors (Lipinski definition) is 2. The van der Waals surface area contributed by atoms with Gasteiger partial charge in [-0.3, -0.25) is 14.4 Å². The molecule has 0 unspecified atom stereocenters. The second-order valence-electron chi connectivity index (χ2n) is 6.22. The Labute approximate surface area is 146 Å². The predicted octanol–water partition coefficient (Wildman–Crippen LogP) is 0.670. The van der Waals surface area contributed by atoms with E-state index in [2.05, 4.69) is 26.4 Å². The largest absolute Gasteiger partial charge is 0.375 e. The third-order valence-electron chi connectivity index (χ3n) is 4.25. The van der Waals surface area contributed by atoms with Crippen LogP contribution in [-0.2, 0) is 35.7 Å². The Kier molecular flexibility index (Phi) is 5.16. The molecule has 0 atom stereocenters. The number of fused-ring (bicyclic) bond motifs is 1. The molecule has 1 aliphatic heterocycles. The standard InChI is InChI=1S/C17H22N6O2/c1-12-13(7-18)5-15(20-12)9-22-3-4-23-16(10-22)6-14(21-23)8-19-17(24)11-25-2/h5-6,20H,3-4,8-11H2,1-2H3,(H,19,24). The number of rotatable bonds is 6.